The molecule has 0 spiro atoms. The van der Waals surface area contributed by atoms with Gasteiger partial charge in [-0.05, 0) is 30.3 Å². The Kier molecular flexibility index (Phi) is 4.66. The third-order valence-electron chi connectivity index (χ3n) is 2.51. The Bertz CT molecular complexity index is 665. The van der Waals surface area contributed by atoms with Crippen LogP contribution in [0.2, 0.25) is 20.1 Å². The zero-order valence-electron chi connectivity index (χ0n) is 9.88. The van der Waals surface area contributed by atoms with E-state index in [-0.39, 0.29) is 21.3 Å². The van der Waals surface area contributed by atoms with E-state index in [0.29, 0.717) is 15.7 Å². The zero-order valence-corrected chi connectivity index (χ0v) is 12.9. The predicted octanol–water partition coefficient (Wildman–Crippen LogP) is 5.13. The number of carbonyl (C=O) groups is 1. The summed E-state index contributed by atoms with van der Waals surface area (Å²) < 4.78 is 0. The first-order valence-corrected chi connectivity index (χ1v) is 6.90. The molecule has 0 saturated heterocycles. The van der Waals surface area contributed by atoms with E-state index in [9.17, 15) is 4.79 Å². The van der Waals surface area contributed by atoms with E-state index in [0.717, 1.165) is 0 Å². The van der Waals surface area contributed by atoms with Gasteiger partial charge in [-0.3, -0.25) is 4.79 Å². The van der Waals surface area contributed by atoms with Gasteiger partial charge in [0.2, 0.25) is 0 Å². The number of benzene rings is 2. The molecule has 2 aromatic rings. The summed E-state index contributed by atoms with van der Waals surface area (Å²) >= 11 is 23.6. The van der Waals surface area contributed by atoms with Crippen molar-refractivity contribution < 1.29 is 4.79 Å². The van der Waals surface area contributed by atoms with Crippen molar-refractivity contribution >= 4 is 63.7 Å². The third-order valence-corrected chi connectivity index (χ3v) is 3.70. The number of nitrogens with one attached hydrogen (secondary N) is 1. The van der Waals surface area contributed by atoms with Crippen LogP contribution in [0.15, 0.2) is 30.3 Å². The molecule has 0 aliphatic rings. The Morgan fingerprint density at radius 1 is 0.950 bits per heavy atom. The van der Waals surface area contributed by atoms with E-state index in [1.54, 1.807) is 12.1 Å². The molecule has 0 radical (unpaired) electrons. The number of rotatable bonds is 2. The summed E-state index contributed by atoms with van der Waals surface area (Å²) in [6.45, 7) is 0. The summed E-state index contributed by atoms with van der Waals surface area (Å²) in [5.74, 6) is -0.422. The fraction of sp³-hybridized carbons (Fsp3) is 0. The molecule has 2 rings (SSSR count). The molecule has 0 aromatic heterocycles. The maximum absolute atomic E-state index is 12.1. The van der Waals surface area contributed by atoms with Crippen molar-refractivity contribution in [3.05, 3.63) is 56.0 Å². The average Bonchev–Trinajstić information content (AvgIpc) is 2.38. The van der Waals surface area contributed by atoms with Crippen LogP contribution in [0.3, 0.4) is 0 Å². The van der Waals surface area contributed by atoms with Gasteiger partial charge in [0.05, 0.1) is 26.3 Å². The first kappa shape index (κ1) is 15.3. The highest BCUT2D eigenvalue weighted by Crippen LogP contribution is 2.31. The molecule has 0 aliphatic heterocycles. The van der Waals surface area contributed by atoms with Crippen LogP contribution in [-0.4, -0.2) is 5.91 Å². The van der Waals surface area contributed by atoms with Gasteiger partial charge < -0.3 is 11.1 Å². The topological polar surface area (TPSA) is 55.1 Å². The van der Waals surface area contributed by atoms with E-state index in [1.165, 1.54) is 18.2 Å². The summed E-state index contributed by atoms with van der Waals surface area (Å²) in [6, 6.07) is 7.61. The lowest BCUT2D eigenvalue weighted by Crippen LogP contribution is -2.12. The first-order valence-electron chi connectivity index (χ1n) is 5.39. The van der Waals surface area contributed by atoms with Crippen molar-refractivity contribution in [1.82, 2.24) is 0 Å². The molecule has 7 heteroatoms. The van der Waals surface area contributed by atoms with Gasteiger partial charge in [-0.1, -0.05) is 46.4 Å². The van der Waals surface area contributed by atoms with Crippen molar-refractivity contribution in [3.63, 3.8) is 0 Å². The van der Waals surface area contributed by atoms with Crippen molar-refractivity contribution in [2.45, 2.75) is 0 Å². The second-order valence-electron chi connectivity index (χ2n) is 3.93. The molecule has 0 saturated carbocycles. The van der Waals surface area contributed by atoms with Crippen LogP contribution in [0.25, 0.3) is 0 Å². The number of nitrogen functional groups attached to an aromatic ring is 1. The van der Waals surface area contributed by atoms with Gasteiger partial charge in [0.25, 0.3) is 5.91 Å². The van der Waals surface area contributed by atoms with Crippen LogP contribution in [0.1, 0.15) is 10.4 Å². The molecule has 0 bridgehead atoms. The van der Waals surface area contributed by atoms with Gasteiger partial charge in [0.1, 0.15) is 0 Å². The quantitative estimate of drug-likeness (QED) is 0.738. The third kappa shape index (κ3) is 3.30. The lowest BCUT2D eigenvalue weighted by Gasteiger charge is -2.09. The second-order valence-corrected chi connectivity index (χ2v) is 5.59. The highest BCUT2D eigenvalue weighted by molar-refractivity contribution is 6.39. The number of nitrogens with two attached hydrogens (primary N) is 1. The van der Waals surface area contributed by atoms with Gasteiger partial charge in [0, 0.05) is 10.7 Å². The monoisotopic (exact) mass is 348 g/mol. The lowest BCUT2D eigenvalue weighted by molar-refractivity contribution is 0.102. The predicted molar refractivity (Wildman–Crippen MR) is 85.3 cm³/mol. The molecule has 20 heavy (non-hydrogen) atoms. The van der Waals surface area contributed by atoms with E-state index in [2.05, 4.69) is 5.32 Å². The highest BCUT2D eigenvalue weighted by Gasteiger charge is 2.13. The van der Waals surface area contributed by atoms with Crippen LogP contribution in [0.5, 0.6) is 0 Å². The van der Waals surface area contributed by atoms with E-state index >= 15 is 0 Å². The van der Waals surface area contributed by atoms with Crippen LogP contribution in [0, 0.1) is 0 Å². The number of hydrogen-bond donors (Lipinski definition) is 2. The molecule has 0 aliphatic carbocycles. The van der Waals surface area contributed by atoms with Crippen LogP contribution >= 0.6 is 46.4 Å². The summed E-state index contributed by atoms with van der Waals surface area (Å²) in [4.78, 5) is 12.1. The summed E-state index contributed by atoms with van der Waals surface area (Å²) in [5.41, 5.74) is 6.54. The van der Waals surface area contributed by atoms with E-state index in [4.69, 9.17) is 52.1 Å². The van der Waals surface area contributed by atoms with Gasteiger partial charge in [-0.2, -0.15) is 0 Å². The van der Waals surface area contributed by atoms with Crippen molar-refractivity contribution in [2.24, 2.45) is 0 Å². The Labute approximate surface area is 135 Å². The summed E-state index contributed by atoms with van der Waals surface area (Å²) in [7, 11) is 0. The molecular weight excluding hydrogens is 342 g/mol. The molecule has 0 heterocycles. The molecule has 104 valence electrons. The van der Waals surface area contributed by atoms with Crippen LogP contribution < -0.4 is 11.1 Å². The SMILES string of the molecule is Nc1c(Cl)cc(NC(=O)c2cc(Cl)ccc2Cl)cc1Cl. The van der Waals surface area contributed by atoms with Gasteiger partial charge in [0.15, 0.2) is 0 Å². The maximum atomic E-state index is 12.1. The summed E-state index contributed by atoms with van der Waals surface area (Å²) in [5, 5.41) is 3.84. The Balaban J connectivity index is 2.30. The van der Waals surface area contributed by atoms with E-state index in [1.807, 2.05) is 0 Å². The molecule has 0 unspecified atom stereocenters. The lowest BCUT2D eigenvalue weighted by atomic mass is 10.2. The molecule has 0 atom stereocenters. The smallest absolute Gasteiger partial charge is 0.257 e. The fourth-order valence-electron chi connectivity index (χ4n) is 1.53. The minimum Gasteiger partial charge on any atom is -0.396 e. The molecule has 0 fully saturated rings. The van der Waals surface area contributed by atoms with Crippen molar-refractivity contribution in [2.75, 3.05) is 11.1 Å². The van der Waals surface area contributed by atoms with Gasteiger partial charge >= 0.3 is 0 Å². The average molecular weight is 350 g/mol. The number of halogens is 4. The molecular formula is C13H8Cl4N2O. The largest absolute Gasteiger partial charge is 0.396 e. The van der Waals surface area contributed by atoms with Crippen molar-refractivity contribution in [1.29, 1.82) is 0 Å². The maximum Gasteiger partial charge on any atom is 0.257 e. The van der Waals surface area contributed by atoms with Crippen molar-refractivity contribution in [3.8, 4) is 0 Å². The molecule has 2 aromatic carbocycles. The minimum absolute atomic E-state index is 0.253. The highest BCUT2D eigenvalue weighted by atomic mass is 35.5. The molecule has 1 amide bonds. The minimum atomic E-state index is -0.422. The fourth-order valence-corrected chi connectivity index (χ4v) is 2.39. The van der Waals surface area contributed by atoms with Crippen LogP contribution in [0.4, 0.5) is 11.4 Å². The Morgan fingerprint density at radius 3 is 2.15 bits per heavy atom. The Morgan fingerprint density at radius 2 is 1.55 bits per heavy atom. The van der Waals surface area contributed by atoms with E-state index < -0.39 is 5.91 Å². The summed E-state index contributed by atoms with van der Waals surface area (Å²) in [6.07, 6.45) is 0. The van der Waals surface area contributed by atoms with Crippen LogP contribution in [-0.2, 0) is 0 Å². The first-order chi connectivity index (χ1) is 9.38. The van der Waals surface area contributed by atoms with Gasteiger partial charge in [-0.15, -0.1) is 0 Å². The molecule has 3 N–H and O–H groups in total. The normalized spacial score (nSPS) is 10.4. The Hall–Kier alpha value is -1.13. The standard InChI is InChI=1S/C13H8Cl4N2O/c14-6-1-2-9(15)8(3-6)13(20)19-7-4-10(16)12(18)11(17)5-7/h1-5H,18H2,(H,19,20). The number of hydrogen-bond acceptors (Lipinski definition) is 2. The zero-order chi connectivity index (χ0) is 14.9. The number of carbonyl (C=O) groups excluding carboxylic acids is 1. The molecule has 3 nitrogen and oxygen atoms in total. The van der Waals surface area contributed by atoms with Gasteiger partial charge in [-0.25, -0.2) is 0 Å². The second kappa shape index (κ2) is 6.10. The number of anilines is 2. The number of amides is 1.